The predicted molar refractivity (Wildman–Crippen MR) is 77.2 cm³/mol. The highest BCUT2D eigenvalue weighted by Gasteiger charge is 2.20. The third kappa shape index (κ3) is 2.73. The molecule has 2 heteroatoms. The molecule has 2 atom stereocenters. The van der Waals surface area contributed by atoms with Crippen LogP contribution in [0, 0.1) is 13.8 Å². The molecule has 2 rings (SSSR count). The third-order valence-electron chi connectivity index (χ3n) is 3.33. The van der Waals surface area contributed by atoms with Gasteiger partial charge in [0.2, 0.25) is 0 Å². The van der Waals surface area contributed by atoms with Crippen LogP contribution in [0.3, 0.4) is 0 Å². The van der Waals surface area contributed by atoms with Crippen molar-refractivity contribution in [3.05, 3.63) is 65.0 Å². The van der Waals surface area contributed by atoms with Gasteiger partial charge >= 0.3 is 0 Å². The zero-order chi connectivity index (χ0) is 13.1. The summed E-state index contributed by atoms with van der Waals surface area (Å²) in [5.74, 6) is 0.202. The lowest BCUT2D eigenvalue weighted by Gasteiger charge is -2.20. The fourth-order valence-electron chi connectivity index (χ4n) is 2.12. The lowest BCUT2D eigenvalue weighted by atomic mass is 9.93. The van der Waals surface area contributed by atoms with Crippen LogP contribution in [0.1, 0.15) is 40.6 Å². The Kier molecular flexibility index (Phi) is 4.03. The van der Waals surface area contributed by atoms with E-state index in [1.807, 2.05) is 24.4 Å². The lowest BCUT2D eigenvalue weighted by Crippen LogP contribution is -2.06. The van der Waals surface area contributed by atoms with Gasteiger partial charge in [-0.25, -0.2) is 0 Å². The van der Waals surface area contributed by atoms with Gasteiger partial charge in [-0.3, -0.25) is 4.98 Å². The van der Waals surface area contributed by atoms with E-state index in [0.717, 1.165) is 5.69 Å². The Morgan fingerprint density at radius 3 is 2.56 bits per heavy atom. The fourth-order valence-corrected chi connectivity index (χ4v) is 2.49. The number of alkyl halides is 1. The van der Waals surface area contributed by atoms with Gasteiger partial charge in [0.05, 0.1) is 5.38 Å². The number of hydrogen-bond donors (Lipinski definition) is 0. The molecule has 18 heavy (non-hydrogen) atoms. The summed E-state index contributed by atoms with van der Waals surface area (Å²) in [6, 6.07) is 12.4. The summed E-state index contributed by atoms with van der Waals surface area (Å²) in [4.78, 5) is 4.39. The Morgan fingerprint density at radius 1 is 1.11 bits per heavy atom. The van der Waals surface area contributed by atoms with E-state index in [9.17, 15) is 0 Å². The first-order chi connectivity index (χ1) is 8.59. The SMILES string of the molecule is Cc1ccc(C)c(C(Cl)C(C)c2ccccn2)c1. The van der Waals surface area contributed by atoms with Crippen LogP contribution in [-0.4, -0.2) is 4.98 Å². The van der Waals surface area contributed by atoms with Gasteiger partial charge in [-0.05, 0) is 37.1 Å². The molecule has 1 aromatic heterocycles. The molecule has 0 spiro atoms. The Morgan fingerprint density at radius 2 is 1.89 bits per heavy atom. The average molecular weight is 260 g/mol. The Hall–Kier alpha value is -1.34. The van der Waals surface area contributed by atoms with Crippen LogP contribution in [-0.2, 0) is 0 Å². The zero-order valence-corrected chi connectivity index (χ0v) is 11.8. The van der Waals surface area contributed by atoms with E-state index in [-0.39, 0.29) is 11.3 Å². The van der Waals surface area contributed by atoms with Crippen molar-refractivity contribution in [2.75, 3.05) is 0 Å². The number of pyridine rings is 1. The van der Waals surface area contributed by atoms with Crippen LogP contribution >= 0.6 is 11.6 Å². The number of rotatable bonds is 3. The molecule has 94 valence electrons. The van der Waals surface area contributed by atoms with Gasteiger partial charge in [0.15, 0.2) is 0 Å². The van der Waals surface area contributed by atoms with E-state index in [0.29, 0.717) is 0 Å². The molecule has 2 aromatic rings. The molecular weight excluding hydrogens is 242 g/mol. The van der Waals surface area contributed by atoms with E-state index in [4.69, 9.17) is 11.6 Å². The second-order valence-corrected chi connectivity index (χ2v) is 5.28. The van der Waals surface area contributed by atoms with Crippen molar-refractivity contribution in [1.29, 1.82) is 0 Å². The van der Waals surface area contributed by atoms with Crippen LogP contribution in [0.25, 0.3) is 0 Å². The van der Waals surface area contributed by atoms with E-state index >= 15 is 0 Å². The molecule has 0 aliphatic heterocycles. The standard InChI is InChI=1S/C16H18ClN/c1-11-7-8-12(2)14(10-11)16(17)13(3)15-6-4-5-9-18-15/h4-10,13,16H,1-3H3. The van der Waals surface area contributed by atoms with Crippen molar-refractivity contribution in [1.82, 2.24) is 4.98 Å². The number of hydrogen-bond acceptors (Lipinski definition) is 1. The summed E-state index contributed by atoms with van der Waals surface area (Å²) in [5.41, 5.74) is 4.73. The smallest absolute Gasteiger partial charge is 0.0668 e. The highest BCUT2D eigenvalue weighted by molar-refractivity contribution is 6.21. The first-order valence-corrected chi connectivity index (χ1v) is 6.65. The molecule has 2 unspecified atom stereocenters. The normalized spacial score (nSPS) is 14.2. The number of benzene rings is 1. The van der Waals surface area contributed by atoms with Crippen molar-refractivity contribution in [3.63, 3.8) is 0 Å². The first kappa shape index (κ1) is 13.1. The molecule has 0 fully saturated rings. The van der Waals surface area contributed by atoms with Gasteiger partial charge in [-0.2, -0.15) is 0 Å². The highest BCUT2D eigenvalue weighted by Crippen LogP contribution is 2.36. The van der Waals surface area contributed by atoms with E-state index in [1.54, 1.807) is 0 Å². The quantitative estimate of drug-likeness (QED) is 0.723. The van der Waals surface area contributed by atoms with Crippen molar-refractivity contribution in [3.8, 4) is 0 Å². The average Bonchev–Trinajstić information content (AvgIpc) is 2.41. The third-order valence-corrected chi connectivity index (χ3v) is 3.94. The summed E-state index contributed by atoms with van der Waals surface area (Å²) in [7, 11) is 0. The molecule has 1 heterocycles. The molecule has 1 nitrogen and oxygen atoms in total. The molecule has 0 saturated carbocycles. The maximum atomic E-state index is 6.63. The molecule has 0 aliphatic carbocycles. The van der Waals surface area contributed by atoms with Gasteiger partial charge in [-0.15, -0.1) is 11.6 Å². The minimum Gasteiger partial charge on any atom is -0.261 e. The topological polar surface area (TPSA) is 12.9 Å². The van der Waals surface area contributed by atoms with Crippen LogP contribution in [0.2, 0.25) is 0 Å². The summed E-state index contributed by atoms with van der Waals surface area (Å²) in [5, 5.41) is -0.0419. The van der Waals surface area contributed by atoms with Gasteiger partial charge < -0.3 is 0 Å². The molecular formula is C16H18ClN. The fraction of sp³-hybridized carbons (Fsp3) is 0.312. The van der Waals surface area contributed by atoms with E-state index < -0.39 is 0 Å². The van der Waals surface area contributed by atoms with Gasteiger partial charge in [0.25, 0.3) is 0 Å². The zero-order valence-electron chi connectivity index (χ0n) is 11.0. The summed E-state index contributed by atoms with van der Waals surface area (Å²) in [6.45, 7) is 6.33. The van der Waals surface area contributed by atoms with Crippen molar-refractivity contribution in [2.45, 2.75) is 32.1 Å². The van der Waals surface area contributed by atoms with Crippen molar-refractivity contribution in [2.24, 2.45) is 0 Å². The molecule has 0 aliphatic rings. The molecule has 0 N–H and O–H groups in total. The van der Waals surface area contributed by atoms with Gasteiger partial charge in [0.1, 0.15) is 0 Å². The van der Waals surface area contributed by atoms with Crippen LogP contribution in [0.15, 0.2) is 42.6 Å². The maximum absolute atomic E-state index is 6.63. The summed E-state index contributed by atoms with van der Waals surface area (Å²) in [6.07, 6.45) is 1.82. The predicted octanol–water partition coefficient (Wildman–Crippen LogP) is 4.78. The van der Waals surface area contributed by atoms with Crippen LogP contribution in [0.4, 0.5) is 0 Å². The second-order valence-electron chi connectivity index (χ2n) is 4.81. The van der Waals surface area contributed by atoms with Gasteiger partial charge in [0, 0.05) is 17.8 Å². The molecule has 1 aromatic carbocycles. The summed E-state index contributed by atoms with van der Waals surface area (Å²) >= 11 is 6.63. The maximum Gasteiger partial charge on any atom is 0.0668 e. The Bertz CT molecular complexity index is 522. The number of halogens is 1. The minimum atomic E-state index is -0.0419. The Labute approximate surface area is 114 Å². The van der Waals surface area contributed by atoms with Crippen LogP contribution in [0.5, 0.6) is 0 Å². The number of aromatic nitrogens is 1. The largest absolute Gasteiger partial charge is 0.261 e. The number of aryl methyl sites for hydroxylation is 2. The molecule has 0 amide bonds. The van der Waals surface area contributed by atoms with E-state index in [2.05, 4.69) is 44.0 Å². The highest BCUT2D eigenvalue weighted by atomic mass is 35.5. The summed E-state index contributed by atoms with van der Waals surface area (Å²) < 4.78 is 0. The monoisotopic (exact) mass is 259 g/mol. The van der Waals surface area contributed by atoms with E-state index in [1.165, 1.54) is 16.7 Å². The molecule has 0 bridgehead atoms. The Balaban J connectivity index is 2.31. The van der Waals surface area contributed by atoms with Crippen molar-refractivity contribution >= 4 is 11.6 Å². The molecule has 0 saturated heterocycles. The second kappa shape index (κ2) is 5.53. The minimum absolute atomic E-state index is 0.0419. The van der Waals surface area contributed by atoms with Gasteiger partial charge in [-0.1, -0.05) is 36.8 Å². The first-order valence-electron chi connectivity index (χ1n) is 6.21. The molecule has 0 radical (unpaired) electrons. The lowest BCUT2D eigenvalue weighted by molar-refractivity contribution is 0.703. The number of nitrogens with zero attached hydrogens (tertiary/aromatic N) is 1. The van der Waals surface area contributed by atoms with Crippen LogP contribution < -0.4 is 0 Å². The van der Waals surface area contributed by atoms with Crippen molar-refractivity contribution < 1.29 is 0 Å².